The number of rotatable bonds is 8. The van der Waals surface area contributed by atoms with E-state index in [1.54, 1.807) is 20.8 Å². The lowest BCUT2D eigenvalue weighted by Gasteiger charge is -2.17. The van der Waals surface area contributed by atoms with Crippen LogP contribution in [0.2, 0.25) is 0 Å². The maximum atomic E-state index is 11.9. The molecule has 0 saturated heterocycles. The third-order valence-electron chi connectivity index (χ3n) is 3.18. The summed E-state index contributed by atoms with van der Waals surface area (Å²) in [6, 6.07) is 4.95. The SMILES string of the molecule is CCNS(=O)(=O)c1ccc(CC(=O)N[C@H](C(=O)O)C(C)C)cc1. The first-order valence-corrected chi connectivity index (χ1v) is 8.76. The molecule has 7 nitrogen and oxygen atoms in total. The number of carboxylic acid groups (broad SMARTS) is 1. The van der Waals surface area contributed by atoms with Gasteiger partial charge in [-0.2, -0.15) is 0 Å². The van der Waals surface area contributed by atoms with Crippen molar-refractivity contribution in [1.29, 1.82) is 0 Å². The summed E-state index contributed by atoms with van der Waals surface area (Å²) in [5.41, 5.74) is 0.603. The summed E-state index contributed by atoms with van der Waals surface area (Å²) >= 11 is 0. The van der Waals surface area contributed by atoms with Gasteiger partial charge in [0.25, 0.3) is 0 Å². The molecule has 0 aliphatic carbocycles. The van der Waals surface area contributed by atoms with Gasteiger partial charge in [-0.3, -0.25) is 4.79 Å². The highest BCUT2D eigenvalue weighted by Crippen LogP contribution is 2.11. The van der Waals surface area contributed by atoms with E-state index in [0.717, 1.165) is 0 Å². The molecule has 1 aromatic rings. The molecule has 23 heavy (non-hydrogen) atoms. The molecule has 0 fully saturated rings. The van der Waals surface area contributed by atoms with E-state index in [1.807, 2.05) is 0 Å². The summed E-state index contributed by atoms with van der Waals surface area (Å²) in [5, 5.41) is 11.5. The molecule has 3 N–H and O–H groups in total. The zero-order valence-electron chi connectivity index (χ0n) is 13.4. The summed E-state index contributed by atoms with van der Waals surface area (Å²) in [5.74, 6) is -1.74. The van der Waals surface area contributed by atoms with Crippen LogP contribution in [-0.2, 0) is 26.0 Å². The number of amides is 1. The molecule has 128 valence electrons. The highest BCUT2D eigenvalue weighted by Gasteiger charge is 2.23. The number of nitrogens with one attached hydrogen (secondary N) is 2. The van der Waals surface area contributed by atoms with Gasteiger partial charge in [-0.05, 0) is 23.6 Å². The predicted molar refractivity (Wildman–Crippen MR) is 85.4 cm³/mol. The van der Waals surface area contributed by atoms with Gasteiger partial charge in [0.05, 0.1) is 11.3 Å². The monoisotopic (exact) mass is 342 g/mol. The van der Waals surface area contributed by atoms with Gasteiger partial charge >= 0.3 is 5.97 Å². The maximum Gasteiger partial charge on any atom is 0.326 e. The van der Waals surface area contributed by atoms with Crippen LogP contribution in [0.25, 0.3) is 0 Å². The van der Waals surface area contributed by atoms with Crippen LogP contribution < -0.4 is 10.0 Å². The first-order valence-electron chi connectivity index (χ1n) is 7.28. The van der Waals surface area contributed by atoms with Crippen LogP contribution in [-0.4, -0.2) is 38.0 Å². The first kappa shape index (κ1) is 19.1. The minimum Gasteiger partial charge on any atom is -0.480 e. The van der Waals surface area contributed by atoms with Gasteiger partial charge in [0, 0.05) is 6.54 Å². The van der Waals surface area contributed by atoms with Crippen LogP contribution in [0.4, 0.5) is 0 Å². The summed E-state index contributed by atoms with van der Waals surface area (Å²) in [6.45, 7) is 5.39. The van der Waals surface area contributed by atoms with E-state index in [1.165, 1.54) is 24.3 Å². The van der Waals surface area contributed by atoms with Crippen LogP contribution in [0.3, 0.4) is 0 Å². The molecule has 8 heteroatoms. The Morgan fingerprint density at radius 3 is 2.17 bits per heavy atom. The summed E-state index contributed by atoms with van der Waals surface area (Å²) in [6.07, 6.45) is -0.0158. The summed E-state index contributed by atoms with van der Waals surface area (Å²) < 4.78 is 26.0. The standard InChI is InChI=1S/C15H22N2O5S/c1-4-16-23(21,22)12-7-5-11(6-8-12)9-13(18)17-14(10(2)3)15(19)20/h5-8,10,14,16H,4,9H2,1-3H3,(H,17,18)(H,19,20)/t14-/m0/s1. The van der Waals surface area contributed by atoms with Gasteiger partial charge in [-0.15, -0.1) is 0 Å². The summed E-state index contributed by atoms with van der Waals surface area (Å²) in [4.78, 5) is 23.1. The second kappa shape index (κ2) is 8.07. The van der Waals surface area contributed by atoms with Crippen molar-refractivity contribution in [2.75, 3.05) is 6.54 Å². The Morgan fingerprint density at radius 2 is 1.74 bits per heavy atom. The van der Waals surface area contributed by atoms with Crippen molar-refractivity contribution in [2.45, 2.75) is 38.1 Å². The van der Waals surface area contributed by atoms with Crippen molar-refractivity contribution >= 4 is 21.9 Å². The molecule has 0 unspecified atom stereocenters. The number of carbonyl (C=O) groups is 2. The van der Waals surface area contributed by atoms with Gasteiger partial charge in [0.1, 0.15) is 6.04 Å². The Labute approximate surface area is 136 Å². The Morgan fingerprint density at radius 1 is 1.17 bits per heavy atom. The number of hydrogen-bond acceptors (Lipinski definition) is 4. The molecule has 0 bridgehead atoms. The third kappa shape index (κ3) is 5.65. The lowest BCUT2D eigenvalue weighted by molar-refractivity contribution is -0.143. The van der Waals surface area contributed by atoms with E-state index < -0.39 is 27.9 Å². The molecular weight excluding hydrogens is 320 g/mol. The fourth-order valence-corrected chi connectivity index (χ4v) is 3.02. The highest BCUT2D eigenvalue weighted by atomic mass is 32.2. The topological polar surface area (TPSA) is 113 Å². The van der Waals surface area contributed by atoms with Crippen molar-refractivity contribution in [3.8, 4) is 0 Å². The average molecular weight is 342 g/mol. The smallest absolute Gasteiger partial charge is 0.326 e. The van der Waals surface area contributed by atoms with Gasteiger partial charge < -0.3 is 10.4 Å². The molecule has 1 atom stereocenters. The number of benzene rings is 1. The molecule has 0 heterocycles. The summed E-state index contributed by atoms with van der Waals surface area (Å²) in [7, 11) is -3.53. The van der Waals surface area contributed by atoms with E-state index in [9.17, 15) is 18.0 Å². The van der Waals surface area contributed by atoms with E-state index in [4.69, 9.17) is 5.11 Å². The van der Waals surface area contributed by atoms with E-state index >= 15 is 0 Å². The quantitative estimate of drug-likeness (QED) is 0.645. The zero-order chi connectivity index (χ0) is 17.6. The molecule has 1 amide bonds. The van der Waals surface area contributed by atoms with E-state index in [2.05, 4.69) is 10.0 Å². The molecular formula is C15H22N2O5S. The van der Waals surface area contributed by atoms with Gasteiger partial charge in [-0.1, -0.05) is 32.9 Å². The minimum atomic E-state index is -3.53. The molecule has 0 aromatic heterocycles. The normalized spacial score (nSPS) is 12.9. The maximum absolute atomic E-state index is 11.9. The van der Waals surface area contributed by atoms with Crippen molar-refractivity contribution < 1.29 is 23.1 Å². The van der Waals surface area contributed by atoms with Crippen LogP contribution >= 0.6 is 0 Å². The number of sulfonamides is 1. The molecule has 0 aliphatic rings. The van der Waals surface area contributed by atoms with Crippen molar-refractivity contribution in [3.05, 3.63) is 29.8 Å². The van der Waals surface area contributed by atoms with E-state index in [0.29, 0.717) is 5.56 Å². The van der Waals surface area contributed by atoms with Crippen molar-refractivity contribution in [3.63, 3.8) is 0 Å². The van der Waals surface area contributed by atoms with Crippen LogP contribution in [0.1, 0.15) is 26.3 Å². The van der Waals surface area contributed by atoms with E-state index in [-0.39, 0.29) is 23.8 Å². The number of aliphatic carboxylic acids is 1. The Balaban J connectivity index is 2.75. The van der Waals surface area contributed by atoms with Crippen LogP contribution in [0, 0.1) is 5.92 Å². The number of carboxylic acids is 1. The largest absolute Gasteiger partial charge is 0.480 e. The van der Waals surface area contributed by atoms with Crippen LogP contribution in [0.15, 0.2) is 29.2 Å². The zero-order valence-corrected chi connectivity index (χ0v) is 14.2. The molecule has 1 rings (SSSR count). The molecule has 0 spiro atoms. The second-order valence-electron chi connectivity index (χ2n) is 5.45. The Hall–Kier alpha value is -1.93. The van der Waals surface area contributed by atoms with Crippen molar-refractivity contribution in [2.24, 2.45) is 5.92 Å². The van der Waals surface area contributed by atoms with Crippen molar-refractivity contribution in [1.82, 2.24) is 10.0 Å². The lowest BCUT2D eigenvalue weighted by Crippen LogP contribution is -2.44. The fraction of sp³-hybridized carbons (Fsp3) is 0.467. The predicted octanol–water partition coefficient (Wildman–Crippen LogP) is 0.753. The molecule has 1 aromatic carbocycles. The Bertz CT molecular complexity index is 653. The van der Waals surface area contributed by atoms with Crippen LogP contribution in [0.5, 0.6) is 0 Å². The highest BCUT2D eigenvalue weighted by molar-refractivity contribution is 7.89. The fourth-order valence-electron chi connectivity index (χ4n) is 1.98. The Kier molecular flexibility index (Phi) is 6.71. The minimum absolute atomic E-state index is 0.0158. The average Bonchev–Trinajstić information content (AvgIpc) is 2.44. The van der Waals surface area contributed by atoms with Gasteiger partial charge in [0.2, 0.25) is 15.9 Å². The number of carbonyl (C=O) groups excluding carboxylic acids is 1. The van der Waals surface area contributed by atoms with Gasteiger partial charge in [0.15, 0.2) is 0 Å². The first-order chi connectivity index (χ1) is 10.7. The number of hydrogen-bond donors (Lipinski definition) is 3. The molecule has 0 aliphatic heterocycles. The second-order valence-corrected chi connectivity index (χ2v) is 7.22. The van der Waals surface area contributed by atoms with Gasteiger partial charge in [-0.25, -0.2) is 17.9 Å². The lowest BCUT2D eigenvalue weighted by atomic mass is 10.0. The molecule has 0 radical (unpaired) electrons. The molecule has 0 saturated carbocycles. The third-order valence-corrected chi connectivity index (χ3v) is 4.74.